The fourth-order valence-corrected chi connectivity index (χ4v) is 10.4. The maximum absolute atomic E-state index is 5.46. The molecule has 1 spiro atoms. The minimum atomic E-state index is -0.438. The summed E-state index contributed by atoms with van der Waals surface area (Å²) < 4.78 is 0. The van der Waals surface area contributed by atoms with Crippen molar-refractivity contribution in [1.29, 1.82) is 0 Å². The molecule has 63 heavy (non-hydrogen) atoms. The van der Waals surface area contributed by atoms with Gasteiger partial charge in [-0.2, -0.15) is 0 Å². The summed E-state index contributed by atoms with van der Waals surface area (Å²) in [6.07, 6.45) is 0. The van der Waals surface area contributed by atoms with E-state index >= 15 is 0 Å². The number of rotatable bonds is 5. The van der Waals surface area contributed by atoms with Gasteiger partial charge >= 0.3 is 0 Å². The van der Waals surface area contributed by atoms with Gasteiger partial charge in [0.1, 0.15) is 0 Å². The normalized spacial score (nSPS) is 12.9. The molecule has 0 amide bonds. The third-order valence-electron chi connectivity index (χ3n) is 13.1. The van der Waals surface area contributed by atoms with Gasteiger partial charge in [0.05, 0.1) is 16.6 Å². The van der Waals surface area contributed by atoms with Gasteiger partial charge in [-0.15, -0.1) is 0 Å². The van der Waals surface area contributed by atoms with Crippen molar-refractivity contribution in [1.82, 2.24) is 19.9 Å². The molecular weight excluding hydrogens is 765 g/mol. The monoisotopic (exact) mass is 800 g/mol. The zero-order chi connectivity index (χ0) is 41.5. The van der Waals surface area contributed by atoms with Crippen LogP contribution in [0.3, 0.4) is 0 Å². The molecule has 11 aromatic rings. The van der Waals surface area contributed by atoms with Gasteiger partial charge in [0, 0.05) is 33.0 Å². The molecule has 0 aliphatic heterocycles. The third-order valence-corrected chi connectivity index (χ3v) is 13.1. The molecule has 0 bridgehead atoms. The van der Waals surface area contributed by atoms with Crippen molar-refractivity contribution in [3.05, 3.63) is 241 Å². The van der Waals surface area contributed by atoms with E-state index in [1.54, 1.807) is 0 Å². The highest BCUT2D eigenvalue weighted by Crippen LogP contribution is 2.63. The highest BCUT2D eigenvalue weighted by Gasteiger charge is 2.51. The van der Waals surface area contributed by atoms with E-state index in [0.29, 0.717) is 17.5 Å². The van der Waals surface area contributed by atoms with Gasteiger partial charge in [0.15, 0.2) is 17.5 Å². The summed E-state index contributed by atoms with van der Waals surface area (Å²) in [6.45, 7) is 0. The standard InChI is InChI=1S/C59H36N4/c1-3-16-37(17-4-1)38-30-32-40(33-31-38)57-61-56(39-18-5-2-6-19-39)62-58(63-57)42-21-15-20-41(34-42)55-49-35-48-45-24-9-13-28-52(45)59(53(48)36-47(49)46-25-10-14-29-54(46)60-55)50-26-11-7-22-43(50)44-23-8-12-27-51(44)59/h1-36H. The van der Waals surface area contributed by atoms with Crippen molar-refractivity contribution in [3.63, 3.8) is 0 Å². The van der Waals surface area contributed by atoms with Crippen LogP contribution in [0.1, 0.15) is 22.3 Å². The first-order chi connectivity index (χ1) is 31.2. The average Bonchev–Trinajstić information content (AvgIpc) is 3.83. The first-order valence-electron chi connectivity index (χ1n) is 21.5. The molecule has 0 fully saturated rings. The maximum Gasteiger partial charge on any atom is 0.164 e. The van der Waals surface area contributed by atoms with E-state index in [4.69, 9.17) is 19.9 Å². The van der Waals surface area contributed by atoms with Crippen molar-refractivity contribution < 1.29 is 0 Å². The Kier molecular flexibility index (Phi) is 7.79. The van der Waals surface area contributed by atoms with Crippen LogP contribution in [-0.2, 0) is 5.41 Å². The summed E-state index contributed by atoms with van der Waals surface area (Å²) in [6, 6.07) is 78.0. The predicted octanol–water partition coefficient (Wildman–Crippen LogP) is 14.3. The quantitative estimate of drug-likeness (QED) is 0.163. The molecule has 0 N–H and O–H groups in total. The Morgan fingerprint density at radius 3 is 1.37 bits per heavy atom. The average molecular weight is 801 g/mol. The SMILES string of the molecule is c1ccc(-c2ccc(-c3nc(-c4ccccc4)nc(-c4cccc(-c5nc6ccccc6c6cc7c(cc56)-c5ccccc5C75c6ccccc6-c6ccccc65)c4)n3)cc2)cc1. The molecule has 0 saturated carbocycles. The van der Waals surface area contributed by atoms with Crippen molar-refractivity contribution in [2.45, 2.75) is 5.41 Å². The summed E-state index contributed by atoms with van der Waals surface area (Å²) in [5.41, 5.74) is 17.9. The number of benzene rings is 9. The summed E-state index contributed by atoms with van der Waals surface area (Å²) in [7, 11) is 0. The van der Waals surface area contributed by atoms with Crippen LogP contribution in [0.2, 0.25) is 0 Å². The van der Waals surface area contributed by atoms with E-state index in [9.17, 15) is 0 Å². The molecule has 0 radical (unpaired) electrons. The van der Waals surface area contributed by atoms with Crippen LogP contribution in [-0.4, -0.2) is 19.9 Å². The van der Waals surface area contributed by atoms with E-state index in [0.717, 1.165) is 49.8 Å². The van der Waals surface area contributed by atoms with Gasteiger partial charge in [-0.05, 0) is 85.3 Å². The van der Waals surface area contributed by atoms with Gasteiger partial charge in [-0.25, -0.2) is 19.9 Å². The minimum Gasteiger partial charge on any atom is -0.247 e. The van der Waals surface area contributed by atoms with Gasteiger partial charge in [0.2, 0.25) is 0 Å². The molecular formula is C59H36N4. The number of aromatic nitrogens is 4. The molecule has 9 aromatic carbocycles. The van der Waals surface area contributed by atoms with Crippen LogP contribution in [0.4, 0.5) is 0 Å². The van der Waals surface area contributed by atoms with Crippen LogP contribution in [0.25, 0.3) is 100 Å². The Morgan fingerprint density at radius 2 is 0.714 bits per heavy atom. The molecule has 0 saturated heterocycles. The highest BCUT2D eigenvalue weighted by atomic mass is 15.0. The van der Waals surface area contributed by atoms with Crippen LogP contribution in [0.15, 0.2) is 218 Å². The van der Waals surface area contributed by atoms with Crippen molar-refractivity contribution in [3.8, 4) is 78.8 Å². The summed E-state index contributed by atoms with van der Waals surface area (Å²) in [5.74, 6) is 1.85. The summed E-state index contributed by atoms with van der Waals surface area (Å²) >= 11 is 0. The molecule has 2 heterocycles. The number of fused-ring (bicyclic) bond motifs is 13. The Hall–Kier alpha value is -8.34. The second-order valence-electron chi connectivity index (χ2n) is 16.5. The van der Waals surface area contributed by atoms with E-state index < -0.39 is 5.41 Å². The van der Waals surface area contributed by atoms with Crippen LogP contribution in [0, 0.1) is 0 Å². The fraction of sp³-hybridized carbons (Fsp3) is 0.0169. The molecule has 292 valence electrons. The van der Waals surface area contributed by atoms with Gasteiger partial charge < -0.3 is 0 Å². The van der Waals surface area contributed by atoms with E-state index in [-0.39, 0.29) is 0 Å². The summed E-state index contributed by atoms with van der Waals surface area (Å²) in [4.78, 5) is 20.8. The first kappa shape index (κ1) is 35.4. The van der Waals surface area contributed by atoms with Crippen molar-refractivity contribution in [2.75, 3.05) is 0 Å². The third kappa shape index (κ3) is 5.35. The highest BCUT2D eigenvalue weighted by molar-refractivity contribution is 6.14. The number of hydrogen-bond donors (Lipinski definition) is 0. The Bertz CT molecular complexity index is 3570. The first-order valence-corrected chi connectivity index (χ1v) is 21.5. The van der Waals surface area contributed by atoms with Crippen LogP contribution in [0.5, 0.6) is 0 Å². The number of hydrogen-bond acceptors (Lipinski definition) is 4. The molecule has 2 aromatic heterocycles. The lowest BCUT2D eigenvalue weighted by Gasteiger charge is -2.30. The Balaban J connectivity index is 1.01. The largest absolute Gasteiger partial charge is 0.247 e. The van der Waals surface area contributed by atoms with E-state index in [2.05, 4.69) is 182 Å². The number of nitrogens with zero attached hydrogens (tertiary/aromatic N) is 4. The molecule has 13 rings (SSSR count). The Labute approximate surface area is 364 Å². The van der Waals surface area contributed by atoms with Crippen molar-refractivity contribution >= 4 is 21.7 Å². The fourth-order valence-electron chi connectivity index (χ4n) is 10.4. The van der Waals surface area contributed by atoms with Gasteiger partial charge in [-0.3, -0.25) is 0 Å². The second kappa shape index (κ2) is 13.8. The van der Waals surface area contributed by atoms with Gasteiger partial charge in [0.25, 0.3) is 0 Å². The molecule has 2 aliphatic rings. The molecule has 0 atom stereocenters. The maximum atomic E-state index is 5.46. The molecule has 4 heteroatoms. The van der Waals surface area contributed by atoms with E-state index in [1.165, 1.54) is 55.5 Å². The molecule has 4 nitrogen and oxygen atoms in total. The minimum absolute atomic E-state index is 0.438. The number of pyridine rings is 1. The lowest BCUT2D eigenvalue weighted by molar-refractivity contribution is 0.795. The second-order valence-corrected chi connectivity index (χ2v) is 16.5. The Morgan fingerprint density at radius 1 is 0.254 bits per heavy atom. The lowest BCUT2D eigenvalue weighted by Crippen LogP contribution is -2.25. The number of para-hydroxylation sites is 1. The van der Waals surface area contributed by atoms with Crippen LogP contribution >= 0.6 is 0 Å². The topological polar surface area (TPSA) is 51.6 Å². The molecule has 0 unspecified atom stereocenters. The van der Waals surface area contributed by atoms with E-state index in [1.807, 2.05) is 36.4 Å². The van der Waals surface area contributed by atoms with Gasteiger partial charge in [-0.1, -0.05) is 194 Å². The zero-order valence-corrected chi connectivity index (χ0v) is 34.1. The van der Waals surface area contributed by atoms with Crippen molar-refractivity contribution in [2.24, 2.45) is 0 Å². The van der Waals surface area contributed by atoms with Crippen LogP contribution < -0.4 is 0 Å². The summed E-state index contributed by atoms with van der Waals surface area (Å²) in [5, 5.41) is 3.42. The zero-order valence-electron chi connectivity index (χ0n) is 34.1. The predicted molar refractivity (Wildman–Crippen MR) is 256 cm³/mol. The molecule has 2 aliphatic carbocycles. The lowest BCUT2D eigenvalue weighted by atomic mass is 9.70. The smallest absolute Gasteiger partial charge is 0.164 e.